The Hall–Kier alpha value is -3.03. The van der Waals surface area contributed by atoms with E-state index >= 15 is 0 Å². The van der Waals surface area contributed by atoms with Crippen molar-refractivity contribution >= 4 is 12.1 Å². The molecule has 0 fully saturated rings. The van der Waals surface area contributed by atoms with Gasteiger partial charge in [-0.3, -0.25) is 4.90 Å². The van der Waals surface area contributed by atoms with Crippen LogP contribution in [-0.4, -0.2) is 47.4 Å². The molecule has 1 aliphatic carbocycles. The van der Waals surface area contributed by atoms with Crippen LogP contribution < -0.4 is 0 Å². The number of hydrogen-bond donors (Lipinski definition) is 1. The average molecular weight is 421 g/mol. The van der Waals surface area contributed by atoms with E-state index in [9.17, 15) is 27.9 Å². The van der Waals surface area contributed by atoms with Crippen molar-refractivity contribution < 1.29 is 32.6 Å². The quantitative estimate of drug-likeness (QED) is 0.720. The fourth-order valence-electron chi connectivity index (χ4n) is 3.92. The standard InChI is InChI=1S/C22H22F3NO4/c1-13(2)19(20(27)28)26(12-22(23,24)25)21(29)30-11-18-16-9-5-3-7-14(16)15-8-4-6-10-17(15)18/h3-10,13,18-19H,11-12H2,1-2H3,(H,27,28). The van der Waals surface area contributed by atoms with Crippen LogP contribution in [-0.2, 0) is 9.53 Å². The van der Waals surface area contributed by atoms with Crippen molar-refractivity contribution in [3.63, 3.8) is 0 Å². The number of nitrogens with zero attached hydrogens (tertiary/aromatic N) is 1. The highest BCUT2D eigenvalue weighted by Crippen LogP contribution is 2.44. The summed E-state index contributed by atoms with van der Waals surface area (Å²) >= 11 is 0. The molecule has 2 aromatic carbocycles. The molecule has 0 aromatic heterocycles. The van der Waals surface area contributed by atoms with E-state index in [1.807, 2.05) is 48.5 Å². The van der Waals surface area contributed by atoms with E-state index < -0.39 is 36.7 Å². The van der Waals surface area contributed by atoms with Gasteiger partial charge in [0.1, 0.15) is 19.2 Å². The Morgan fingerprint density at radius 2 is 1.53 bits per heavy atom. The second kappa shape index (κ2) is 8.38. The summed E-state index contributed by atoms with van der Waals surface area (Å²) in [5, 5.41) is 9.38. The van der Waals surface area contributed by atoms with Gasteiger partial charge in [0.25, 0.3) is 0 Å². The number of benzene rings is 2. The van der Waals surface area contributed by atoms with Gasteiger partial charge in [0.15, 0.2) is 0 Å². The van der Waals surface area contributed by atoms with E-state index in [1.165, 1.54) is 13.8 Å². The minimum absolute atomic E-state index is 0.189. The molecule has 1 atom stereocenters. The Bertz CT molecular complexity index is 896. The van der Waals surface area contributed by atoms with Gasteiger partial charge in [0, 0.05) is 5.92 Å². The number of carboxylic acid groups (broad SMARTS) is 1. The SMILES string of the molecule is CC(C)C(C(=O)O)N(CC(F)(F)F)C(=O)OCC1c2ccccc2-c2ccccc21. The highest BCUT2D eigenvalue weighted by atomic mass is 19.4. The summed E-state index contributed by atoms with van der Waals surface area (Å²) in [7, 11) is 0. The minimum atomic E-state index is -4.76. The number of carbonyl (C=O) groups excluding carboxylic acids is 1. The lowest BCUT2D eigenvalue weighted by Crippen LogP contribution is -2.52. The second-order valence-electron chi connectivity index (χ2n) is 7.57. The number of amides is 1. The zero-order valence-electron chi connectivity index (χ0n) is 16.5. The predicted octanol–water partition coefficient (Wildman–Crippen LogP) is 4.91. The van der Waals surface area contributed by atoms with Crippen molar-refractivity contribution in [2.24, 2.45) is 5.92 Å². The maximum absolute atomic E-state index is 13.0. The molecule has 0 saturated heterocycles. The van der Waals surface area contributed by atoms with E-state index in [-0.39, 0.29) is 17.4 Å². The summed E-state index contributed by atoms with van der Waals surface area (Å²) < 4.78 is 44.4. The molecule has 1 aliphatic rings. The number of carboxylic acids is 1. The Morgan fingerprint density at radius 1 is 1.03 bits per heavy atom. The van der Waals surface area contributed by atoms with Crippen LogP contribution in [0.15, 0.2) is 48.5 Å². The van der Waals surface area contributed by atoms with Crippen LogP contribution in [0.2, 0.25) is 0 Å². The molecule has 0 aliphatic heterocycles. The molecule has 2 aromatic rings. The molecule has 0 saturated carbocycles. The van der Waals surface area contributed by atoms with E-state index in [2.05, 4.69) is 0 Å². The summed E-state index contributed by atoms with van der Waals surface area (Å²) in [6, 6.07) is 13.4. The summed E-state index contributed by atoms with van der Waals surface area (Å²) in [5.74, 6) is -2.58. The Morgan fingerprint density at radius 3 is 1.97 bits per heavy atom. The van der Waals surface area contributed by atoms with E-state index in [0.717, 1.165) is 22.3 Å². The van der Waals surface area contributed by atoms with Gasteiger partial charge >= 0.3 is 18.2 Å². The molecule has 0 radical (unpaired) electrons. The van der Waals surface area contributed by atoms with E-state index in [4.69, 9.17) is 4.74 Å². The molecule has 0 bridgehead atoms. The van der Waals surface area contributed by atoms with Crippen LogP contribution in [0.3, 0.4) is 0 Å². The molecule has 1 unspecified atom stereocenters. The first kappa shape index (κ1) is 21.7. The molecular formula is C22H22F3NO4. The number of aliphatic carboxylic acids is 1. The monoisotopic (exact) mass is 421 g/mol. The van der Waals surface area contributed by atoms with Gasteiger partial charge in [-0.05, 0) is 28.2 Å². The van der Waals surface area contributed by atoms with E-state index in [1.54, 1.807) is 0 Å². The van der Waals surface area contributed by atoms with Crippen molar-refractivity contribution in [3.05, 3.63) is 59.7 Å². The van der Waals surface area contributed by atoms with Gasteiger partial charge in [-0.2, -0.15) is 13.2 Å². The zero-order chi connectivity index (χ0) is 22.1. The zero-order valence-corrected chi connectivity index (χ0v) is 16.5. The van der Waals surface area contributed by atoms with Crippen LogP contribution in [0.25, 0.3) is 11.1 Å². The maximum Gasteiger partial charge on any atom is 0.410 e. The third kappa shape index (κ3) is 4.42. The summed E-state index contributed by atoms with van der Waals surface area (Å²) in [6.07, 6.45) is -6.05. The second-order valence-corrected chi connectivity index (χ2v) is 7.57. The van der Waals surface area contributed by atoms with E-state index in [0.29, 0.717) is 0 Å². The molecule has 1 N–H and O–H groups in total. The van der Waals surface area contributed by atoms with Crippen LogP contribution in [0, 0.1) is 5.92 Å². The molecule has 0 spiro atoms. The van der Waals surface area contributed by atoms with Gasteiger partial charge < -0.3 is 9.84 Å². The smallest absolute Gasteiger partial charge is 0.410 e. The Balaban J connectivity index is 1.84. The number of halogens is 3. The van der Waals surface area contributed by atoms with Crippen molar-refractivity contribution in [3.8, 4) is 11.1 Å². The topological polar surface area (TPSA) is 66.8 Å². The maximum atomic E-state index is 13.0. The first-order chi connectivity index (χ1) is 14.1. The molecule has 8 heteroatoms. The van der Waals surface area contributed by atoms with Gasteiger partial charge in [-0.25, -0.2) is 9.59 Å². The van der Waals surface area contributed by atoms with Crippen molar-refractivity contribution in [2.75, 3.05) is 13.2 Å². The number of rotatable bonds is 6. The largest absolute Gasteiger partial charge is 0.480 e. The molecule has 1 amide bonds. The molecule has 30 heavy (non-hydrogen) atoms. The summed E-state index contributed by atoms with van der Waals surface area (Å²) in [5.41, 5.74) is 3.78. The average Bonchev–Trinajstić information content (AvgIpc) is 2.98. The van der Waals surface area contributed by atoms with Crippen LogP contribution in [0.1, 0.15) is 30.9 Å². The number of hydrogen-bond acceptors (Lipinski definition) is 3. The van der Waals surface area contributed by atoms with Gasteiger partial charge in [-0.15, -0.1) is 0 Å². The minimum Gasteiger partial charge on any atom is -0.480 e. The lowest BCUT2D eigenvalue weighted by atomic mass is 9.98. The number of carbonyl (C=O) groups is 2. The van der Waals surface area contributed by atoms with Gasteiger partial charge in [0.2, 0.25) is 0 Å². The fourth-order valence-corrected chi connectivity index (χ4v) is 3.92. The predicted molar refractivity (Wildman–Crippen MR) is 104 cm³/mol. The number of fused-ring (bicyclic) bond motifs is 3. The van der Waals surface area contributed by atoms with Crippen LogP contribution >= 0.6 is 0 Å². The van der Waals surface area contributed by atoms with Crippen molar-refractivity contribution in [2.45, 2.75) is 32.0 Å². The highest BCUT2D eigenvalue weighted by molar-refractivity contribution is 5.81. The van der Waals surface area contributed by atoms with Crippen LogP contribution in [0.5, 0.6) is 0 Å². The molecule has 5 nitrogen and oxygen atoms in total. The number of ether oxygens (including phenoxy) is 1. The normalized spacial score (nSPS) is 14.2. The first-order valence-electron chi connectivity index (χ1n) is 9.51. The molecular weight excluding hydrogens is 399 g/mol. The fraction of sp³-hybridized carbons (Fsp3) is 0.364. The third-order valence-electron chi connectivity index (χ3n) is 5.14. The highest BCUT2D eigenvalue weighted by Gasteiger charge is 2.42. The van der Waals surface area contributed by atoms with Gasteiger partial charge in [-0.1, -0.05) is 62.4 Å². The first-order valence-corrected chi connectivity index (χ1v) is 9.51. The van der Waals surface area contributed by atoms with Crippen LogP contribution in [0.4, 0.5) is 18.0 Å². The lowest BCUT2D eigenvalue weighted by molar-refractivity contribution is -0.160. The lowest BCUT2D eigenvalue weighted by Gasteiger charge is -2.31. The molecule has 160 valence electrons. The van der Waals surface area contributed by atoms with Crippen molar-refractivity contribution in [1.82, 2.24) is 4.90 Å². The third-order valence-corrected chi connectivity index (χ3v) is 5.14. The molecule has 0 heterocycles. The Kier molecular flexibility index (Phi) is 6.05. The van der Waals surface area contributed by atoms with Gasteiger partial charge in [0.05, 0.1) is 0 Å². The molecule has 3 rings (SSSR count). The Labute approximate surface area is 172 Å². The summed E-state index contributed by atoms with van der Waals surface area (Å²) in [4.78, 5) is 24.4. The van der Waals surface area contributed by atoms with Crippen molar-refractivity contribution in [1.29, 1.82) is 0 Å². The number of alkyl halides is 3. The summed E-state index contributed by atoms with van der Waals surface area (Å²) in [6.45, 7) is 1.00.